The minimum Gasteiger partial charge on any atom is -0.325 e. The van der Waals surface area contributed by atoms with Crippen molar-refractivity contribution in [1.29, 1.82) is 0 Å². The number of fused-ring (bicyclic) bond motifs is 1. The van der Waals surface area contributed by atoms with Crippen LogP contribution in [0.15, 0.2) is 51.8 Å². The quantitative estimate of drug-likeness (QED) is 0.814. The zero-order chi connectivity index (χ0) is 14.1. The van der Waals surface area contributed by atoms with Crippen molar-refractivity contribution in [2.45, 2.75) is 10.8 Å². The van der Waals surface area contributed by atoms with Crippen molar-refractivity contribution in [2.24, 2.45) is 0 Å². The standard InChI is InChI=1S/C15H11BrClNOS/c16-12-7-9(17)5-6-13(12)18-15(19)11-8-20-14-4-2-1-3-10(11)14/h1-7,11H,8H2,(H,18,19). The predicted octanol–water partition coefficient (Wildman–Crippen LogP) is 4.93. The van der Waals surface area contributed by atoms with Gasteiger partial charge in [-0.2, -0.15) is 0 Å². The summed E-state index contributed by atoms with van der Waals surface area (Å²) < 4.78 is 0.789. The molecule has 0 spiro atoms. The average Bonchev–Trinajstić information content (AvgIpc) is 2.86. The lowest BCUT2D eigenvalue weighted by atomic mass is 10.0. The molecule has 1 heterocycles. The molecule has 0 fully saturated rings. The second-order valence-corrected chi connectivity index (χ2v) is 6.87. The number of halogens is 2. The Morgan fingerprint density at radius 1 is 1.30 bits per heavy atom. The monoisotopic (exact) mass is 367 g/mol. The van der Waals surface area contributed by atoms with Crippen molar-refractivity contribution < 1.29 is 4.79 Å². The number of hydrogen-bond donors (Lipinski definition) is 1. The van der Waals surface area contributed by atoms with Crippen molar-refractivity contribution in [3.63, 3.8) is 0 Å². The van der Waals surface area contributed by atoms with E-state index in [1.54, 1.807) is 30.0 Å². The molecule has 5 heteroatoms. The molecule has 0 saturated carbocycles. The third-order valence-corrected chi connectivity index (χ3v) is 5.28. The smallest absolute Gasteiger partial charge is 0.232 e. The minimum atomic E-state index is -0.0984. The van der Waals surface area contributed by atoms with Gasteiger partial charge < -0.3 is 5.32 Å². The summed E-state index contributed by atoms with van der Waals surface area (Å²) in [6.45, 7) is 0. The van der Waals surface area contributed by atoms with Gasteiger partial charge in [0, 0.05) is 20.1 Å². The van der Waals surface area contributed by atoms with E-state index in [-0.39, 0.29) is 11.8 Å². The minimum absolute atomic E-state index is 0.0190. The van der Waals surface area contributed by atoms with Gasteiger partial charge in [-0.15, -0.1) is 11.8 Å². The Labute approximate surface area is 135 Å². The number of hydrogen-bond acceptors (Lipinski definition) is 2. The maximum Gasteiger partial charge on any atom is 0.232 e. The van der Waals surface area contributed by atoms with Gasteiger partial charge in [0.25, 0.3) is 0 Å². The van der Waals surface area contributed by atoms with Gasteiger partial charge in [-0.3, -0.25) is 4.79 Å². The fraction of sp³-hybridized carbons (Fsp3) is 0.133. The van der Waals surface area contributed by atoms with E-state index in [1.165, 1.54) is 4.90 Å². The maximum absolute atomic E-state index is 12.4. The van der Waals surface area contributed by atoms with Gasteiger partial charge in [-0.25, -0.2) is 0 Å². The van der Waals surface area contributed by atoms with Crippen molar-refractivity contribution in [3.05, 3.63) is 57.5 Å². The summed E-state index contributed by atoms with van der Waals surface area (Å²) in [5.41, 5.74) is 1.86. The third kappa shape index (κ3) is 2.73. The maximum atomic E-state index is 12.4. The zero-order valence-corrected chi connectivity index (χ0v) is 13.6. The summed E-state index contributed by atoms with van der Waals surface area (Å²) in [4.78, 5) is 13.6. The number of amides is 1. The SMILES string of the molecule is O=C(Nc1ccc(Cl)cc1Br)C1CSc2ccccc21. The molecule has 1 amide bonds. The number of benzene rings is 2. The van der Waals surface area contributed by atoms with Gasteiger partial charge in [0.1, 0.15) is 0 Å². The highest BCUT2D eigenvalue weighted by atomic mass is 79.9. The Morgan fingerprint density at radius 3 is 2.90 bits per heavy atom. The Morgan fingerprint density at radius 2 is 2.10 bits per heavy atom. The van der Waals surface area contributed by atoms with Crippen LogP contribution in [0.5, 0.6) is 0 Å². The normalized spacial score (nSPS) is 16.8. The van der Waals surface area contributed by atoms with Gasteiger partial charge in [0.05, 0.1) is 11.6 Å². The van der Waals surface area contributed by atoms with Crippen LogP contribution in [-0.2, 0) is 4.79 Å². The van der Waals surface area contributed by atoms with Gasteiger partial charge in [0.2, 0.25) is 5.91 Å². The summed E-state index contributed by atoms with van der Waals surface area (Å²) >= 11 is 11.0. The van der Waals surface area contributed by atoms with Gasteiger partial charge in [0.15, 0.2) is 0 Å². The molecule has 0 aliphatic carbocycles. The number of nitrogens with one attached hydrogen (secondary N) is 1. The Hall–Kier alpha value is -0.970. The lowest BCUT2D eigenvalue weighted by Gasteiger charge is -2.13. The topological polar surface area (TPSA) is 29.1 Å². The molecule has 0 aromatic heterocycles. The molecule has 102 valence electrons. The predicted molar refractivity (Wildman–Crippen MR) is 87.7 cm³/mol. The molecule has 0 bridgehead atoms. The van der Waals surface area contributed by atoms with Gasteiger partial charge in [-0.05, 0) is 45.8 Å². The number of carbonyl (C=O) groups excluding carboxylic acids is 1. The van der Waals surface area contributed by atoms with Crippen molar-refractivity contribution in [1.82, 2.24) is 0 Å². The molecule has 1 atom stereocenters. The largest absolute Gasteiger partial charge is 0.325 e. The van der Waals surface area contributed by atoms with Crippen molar-refractivity contribution in [3.8, 4) is 0 Å². The first-order valence-corrected chi connectivity index (χ1v) is 8.28. The first kappa shape index (κ1) is 14.0. The van der Waals surface area contributed by atoms with Gasteiger partial charge >= 0.3 is 0 Å². The lowest BCUT2D eigenvalue weighted by molar-refractivity contribution is -0.117. The summed E-state index contributed by atoms with van der Waals surface area (Å²) in [5, 5.41) is 3.60. The molecular formula is C15H11BrClNOS. The Balaban J connectivity index is 1.81. The zero-order valence-electron chi connectivity index (χ0n) is 10.4. The number of anilines is 1. The van der Waals surface area contributed by atoms with E-state index in [0.717, 1.165) is 21.5 Å². The molecule has 0 saturated heterocycles. The Bertz CT molecular complexity index is 677. The van der Waals surface area contributed by atoms with E-state index in [0.29, 0.717) is 5.02 Å². The molecule has 2 aromatic rings. The van der Waals surface area contributed by atoms with Crippen LogP contribution in [-0.4, -0.2) is 11.7 Å². The summed E-state index contributed by atoms with van der Waals surface area (Å²) in [7, 11) is 0. The first-order chi connectivity index (χ1) is 9.65. The number of carbonyl (C=O) groups is 1. The molecule has 1 unspecified atom stereocenters. The molecular weight excluding hydrogens is 358 g/mol. The van der Waals surface area contributed by atoms with E-state index in [4.69, 9.17) is 11.6 Å². The van der Waals surface area contributed by atoms with E-state index in [1.807, 2.05) is 18.2 Å². The van der Waals surface area contributed by atoms with Gasteiger partial charge in [-0.1, -0.05) is 29.8 Å². The summed E-state index contributed by atoms with van der Waals surface area (Å²) in [5.74, 6) is 0.709. The van der Waals surface area contributed by atoms with Crippen LogP contribution >= 0.6 is 39.3 Å². The average molecular weight is 369 g/mol. The summed E-state index contributed by atoms with van der Waals surface area (Å²) in [6.07, 6.45) is 0. The van der Waals surface area contributed by atoms with Crippen molar-refractivity contribution in [2.75, 3.05) is 11.1 Å². The van der Waals surface area contributed by atoms with E-state index in [2.05, 4.69) is 27.3 Å². The number of thioether (sulfide) groups is 1. The van der Waals surface area contributed by atoms with E-state index < -0.39 is 0 Å². The molecule has 0 radical (unpaired) electrons. The fourth-order valence-corrected chi connectivity index (χ4v) is 4.20. The van der Waals surface area contributed by atoms with E-state index >= 15 is 0 Å². The van der Waals surface area contributed by atoms with Crippen LogP contribution in [0.2, 0.25) is 5.02 Å². The fourth-order valence-electron chi connectivity index (χ4n) is 2.19. The summed E-state index contributed by atoms with van der Waals surface area (Å²) in [6, 6.07) is 13.4. The highest BCUT2D eigenvalue weighted by molar-refractivity contribution is 9.10. The van der Waals surface area contributed by atoms with Crippen LogP contribution in [0.3, 0.4) is 0 Å². The number of rotatable bonds is 2. The van der Waals surface area contributed by atoms with Crippen LogP contribution in [0.1, 0.15) is 11.5 Å². The molecule has 2 nitrogen and oxygen atoms in total. The van der Waals surface area contributed by atoms with E-state index in [9.17, 15) is 4.79 Å². The third-order valence-electron chi connectivity index (χ3n) is 3.21. The second kappa shape index (κ2) is 5.80. The molecule has 2 aromatic carbocycles. The van der Waals surface area contributed by atoms with Crippen LogP contribution in [0.4, 0.5) is 5.69 Å². The van der Waals surface area contributed by atoms with Crippen LogP contribution < -0.4 is 5.32 Å². The molecule has 3 rings (SSSR count). The lowest BCUT2D eigenvalue weighted by Crippen LogP contribution is -2.21. The molecule has 1 aliphatic rings. The second-order valence-electron chi connectivity index (χ2n) is 4.51. The van der Waals surface area contributed by atoms with Crippen molar-refractivity contribution >= 4 is 50.9 Å². The molecule has 1 N–H and O–H groups in total. The van der Waals surface area contributed by atoms with Crippen LogP contribution in [0.25, 0.3) is 0 Å². The Kier molecular flexibility index (Phi) is 4.06. The molecule has 1 aliphatic heterocycles. The first-order valence-electron chi connectivity index (χ1n) is 6.13. The highest BCUT2D eigenvalue weighted by Crippen LogP contribution is 2.40. The highest BCUT2D eigenvalue weighted by Gasteiger charge is 2.29. The molecule has 20 heavy (non-hydrogen) atoms. The van der Waals surface area contributed by atoms with Crippen LogP contribution in [0, 0.1) is 0 Å².